The number of hydrogen-bond donors (Lipinski definition) is 1. The molecular formula is C18H32N2. The maximum Gasteiger partial charge on any atom is 0.0175 e. The second kappa shape index (κ2) is 4.46. The first-order valence-electron chi connectivity index (χ1n) is 8.96. The summed E-state index contributed by atoms with van der Waals surface area (Å²) >= 11 is 0. The summed E-state index contributed by atoms with van der Waals surface area (Å²) in [6.45, 7) is 11.6. The molecule has 0 amide bonds. The van der Waals surface area contributed by atoms with E-state index in [1.807, 2.05) is 0 Å². The first-order valence-corrected chi connectivity index (χ1v) is 8.96. The lowest BCUT2D eigenvalue weighted by Gasteiger charge is -2.43. The molecule has 114 valence electrons. The third kappa shape index (κ3) is 2.06. The van der Waals surface area contributed by atoms with Gasteiger partial charge in [-0.2, -0.15) is 0 Å². The molecule has 1 N–H and O–H groups in total. The topological polar surface area (TPSA) is 15.3 Å². The molecule has 0 aromatic rings. The van der Waals surface area contributed by atoms with Gasteiger partial charge < -0.3 is 10.2 Å². The highest BCUT2D eigenvalue weighted by molar-refractivity contribution is 5.12. The van der Waals surface area contributed by atoms with Crippen LogP contribution in [0.15, 0.2) is 0 Å². The summed E-state index contributed by atoms with van der Waals surface area (Å²) in [5, 5.41) is 4.04. The fourth-order valence-corrected chi connectivity index (χ4v) is 5.90. The van der Waals surface area contributed by atoms with Crippen molar-refractivity contribution in [1.29, 1.82) is 0 Å². The molecule has 20 heavy (non-hydrogen) atoms. The van der Waals surface area contributed by atoms with Crippen molar-refractivity contribution in [3.8, 4) is 0 Å². The predicted molar refractivity (Wildman–Crippen MR) is 83.7 cm³/mol. The van der Waals surface area contributed by atoms with Crippen LogP contribution in [0.4, 0.5) is 0 Å². The van der Waals surface area contributed by atoms with Crippen LogP contribution in [0.5, 0.6) is 0 Å². The van der Waals surface area contributed by atoms with Gasteiger partial charge in [0.1, 0.15) is 0 Å². The summed E-state index contributed by atoms with van der Waals surface area (Å²) in [6.07, 6.45) is 8.76. The van der Waals surface area contributed by atoms with Crippen molar-refractivity contribution >= 4 is 0 Å². The lowest BCUT2D eigenvalue weighted by Crippen LogP contribution is -2.51. The van der Waals surface area contributed by atoms with Gasteiger partial charge in [-0.1, -0.05) is 20.8 Å². The summed E-state index contributed by atoms with van der Waals surface area (Å²) in [5.41, 5.74) is 1.10. The summed E-state index contributed by atoms with van der Waals surface area (Å²) < 4.78 is 0. The average molecular weight is 276 g/mol. The molecule has 1 heterocycles. The third-order valence-corrected chi connectivity index (χ3v) is 7.26. The molecule has 0 spiro atoms. The highest BCUT2D eigenvalue weighted by Crippen LogP contribution is 2.62. The number of likely N-dealkylation sites (tertiary alicyclic amines) is 1. The minimum atomic E-state index is 0.516. The quantitative estimate of drug-likeness (QED) is 0.848. The van der Waals surface area contributed by atoms with E-state index in [0.29, 0.717) is 10.8 Å². The van der Waals surface area contributed by atoms with Crippen LogP contribution in [0.1, 0.15) is 59.3 Å². The van der Waals surface area contributed by atoms with Gasteiger partial charge >= 0.3 is 0 Å². The number of nitrogens with zero attached hydrogens (tertiary/aromatic N) is 1. The first-order chi connectivity index (χ1) is 9.49. The largest absolute Gasteiger partial charge is 0.313 e. The second-order valence-corrected chi connectivity index (χ2v) is 9.14. The van der Waals surface area contributed by atoms with Crippen LogP contribution < -0.4 is 5.32 Å². The molecule has 3 saturated carbocycles. The lowest BCUT2D eigenvalue weighted by molar-refractivity contribution is 0.105. The third-order valence-electron chi connectivity index (χ3n) is 7.26. The maximum atomic E-state index is 4.04. The van der Waals surface area contributed by atoms with Gasteiger partial charge in [0, 0.05) is 18.6 Å². The molecule has 3 aliphatic carbocycles. The van der Waals surface area contributed by atoms with Crippen LogP contribution in [-0.2, 0) is 0 Å². The van der Waals surface area contributed by atoms with Gasteiger partial charge in [-0.25, -0.2) is 0 Å². The molecule has 4 fully saturated rings. The van der Waals surface area contributed by atoms with Crippen LogP contribution >= 0.6 is 0 Å². The van der Waals surface area contributed by atoms with Crippen LogP contribution in [0.3, 0.4) is 0 Å². The van der Waals surface area contributed by atoms with E-state index < -0.39 is 0 Å². The zero-order valence-electron chi connectivity index (χ0n) is 13.6. The van der Waals surface area contributed by atoms with Crippen molar-refractivity contribution in [3.63, 3.8) is 0 Å². The van der Waals surface area contributed by atoms with Gasteiger partial charge in [-0.05, 0) is 74.3 Å². The van der Waals surface area contributed by atoms with Crippen LogP contribution in [0.2, 0.25) is 0 Å². The molecule has 2 unspecified atom stereocenters. The molecule has 4 rings (SSSR count). The van der Waals surface area contributed by atoms with Gasteiger partial charge in [0.25, 0.3) is 0 Å². The molecule has 2 bridgehead atoms. The standard InChI is InChI=1S/C18H32N2/c1-17(2)14-6-8-18(3,10-14)16(17)19-11-13-7-9-20(12-13)15-4-5-15/h13-16,19H,4-12H2,1-3H3/t13?,14-,16?,18+/m0/s1. The van der Waals surface area contributed by atoms with E-state index in [2.05, 4.69) is 31.0 Å². The Morgan fingerprint density at radius 1 is 1.10 bits per heavy atom. The maximum absolute atomic E-state index is 4.04. The Kier molecular flexibility index (Phi) is 3.03. The fourth-order valence-electron chi connectivity index (χ4n) is 5.90. The molecule has 4 atom stereocenters. The number of nitrogens with one attached hydrogen (secondary N) is 1. The van der Waals surface area contributed by atoms with Crippen molar-refractivity contribution in [2.45, 2.75) is 71.4 Å². The van der Waals surface area contributed by atoms with Gasteiger partial charge in [0.2, 0.25) is 0 Å². The Balaban J connectivity index is 1.35. The zero-order valence-corrected chi connectivity index (χ0v) is 13.6. The zero-order chi connectivity index (χ0) is 14.0. The average Bonchev–Trinajstić information content (AvgIpc) is 2.93. The Bertz CT molecular complexity index is 382. The van der Waals surface area contributed by atoms with Crippen molar-refractivity contribution in [2.24, 2.45) is 22.7 Å². The van der Waals surface area contributed by atoms with Gasteiger partial charge in [0.15, 0.2) is 0 Å². The molecule has 1 aliphatic heterocycles. The lowest BCUT2D eigenvalue weighted by atomic mass is 9.68. The summed E-state index contributed by atoms with van der Waals surface area (Å²) in [5.74, 6) is 1.88. The minimum absolute atomic E-state index is 0.516. The molecule has 1 saturated heterocycles. The van der Waals surface area contributed by atoms with Crippen LogP contribution in [0.25, 0.3) is 0 Å². The molecule has 0 aromatic heterocycles. The molecule has 0 radical (unpaired) electrons. The van der Waals surface area contributed by atoms with E-state index in [4.69, 9.17) is 0 Å². The summed E-state index contributed by atoms with van der Waals surface area (Å²) in [7, 11) is 0. The number of fused-ring (bicyclic) bond motifs is 2. The normalized spacial score (nSPS) is 47.2. The molecule has 2 nitrogen and oxygen atoms in total. The summed E-state index contributed by atoms with van der Waals surface area (Å²) in [4.78, 5) is 2.75. The van der Waals surface area contributed by atoms with E-state index in [1.165, 1.54) is 58.2 Å². The Hall–Kier alpha value is -0.0800. The molecular weight excluding hydrogens is 244 g/mol. The van der Waals surface area contributed by atoms with Gasteiger partial charge in [-0.15, -0.1) is 0 Å². The first kappa shape index (κ1) is 13.6. The smallest absolute Gasteiger partial charge is 0.0175 e. The summed E-state index contributed by atoms with van der Waals surface area (Å²) in [6, 6.07) is 1.72. The van der Waals surface area contributed by atoms with E-state index in [-0.39, 0.29) is 0 Å². The van der Waals surface area contributed by atoms with Gasteiger partial charge in [-0.3, -0.25) is 0 Å². The van der Waals surface area contributed by atoms with E-state index in [0.717, 1.165) is 23.9 Å². The van der Waals surface area contributed by atoms with E-state index >= 15 is 0 Å². The van der Waals surface area contributed by atoms with E-state index in [9.17, 15) is 0 Å². The predicted octanol–water partition coefficient (Wildman–Crippen LogP) is 3.28. The highest BCUT2D eigenvalue weighted by atomic mass is 15.2. The Morgan fingerprint density at radius 2 is 1.90 bits per heavy atom. The van der Waals surface area contributed by atoms with Crippen LogP contribution in [0, 0.1) is 22.7 Å². The molecule has 0 aromatic carbocycles. The van der Waals surface area contributed by atoms with Crippen LogP contribution in [-0.4, -0.2) is 36.6 Å². The van der Waals surface area contributed by atoms with Crippen molar-refractivity contribution in [2.75, 3.05) is 19.6 Å². The monoisotopic (exact) mass is 276 g/mol. The molecule has 2 heteroatoms. The SMILES string of the molecule is CC1(C)C(NCC2CCN(C3CC3)C2)[C@]2(C)CC[C@H]1C2. The van der Waals surface area contributed by atoms with E-state index in [1.54, 1.807) is 0 Å². The fraction of sp³-hybridized carbons (Fsp3) is 1.00. The van der Waals surface area contributed by atoms with Crippen molar-refractivity contribution < 1.29 is 0 Å². The highest BCUT2D eigenvalue weighted by Gasteiger charge is 2.59. The molecule has 4 aliphatic rings. The Morgan fingerprint density at radius 3 is 2.55 bits per heavy atom. The minimum Gasteiger partial charge on any atom is -0.313 e. The Labute approximate surface area is 124 Å². The van der Waals surface area contributed by atoms with Crippen molar-refractivity contribution in [1.82, 2.24) is 10.2 Å². The van der Waals surface area contributed by atoms with Crippen molar-refractivity contribution in [3.05, 3.63) is 0 Å². The number of rotatable bonds is 4. The van der Waals surface area contributed by atoms with Gasteiger partial charge in [0.05, 0.1) is 0 Å². The number of hydrogen-bond acceptors (Lipinski definition) is 2. The second-order valence-electron chi connectivity index (χ2n) is 9.14.